The molecule has 1 heterocycles. The lowest BCUT2D eigenvalue weighted by Gasteiger charge is -2.16. The highest BCUT2D eigenvalue weighted by Gasteiger charge is 2.41. The lowest BCUT2D eigenvalue weighted by atomic mass is 10.1. The molecule has 2 aromatic carbocycles. The molecular weight excluding hydrogens is 527 g/mol. The van der Waals surface area contributed by atoms with Crippen molar-refractivity contribution in [2.24, 2.45) is 0 Å². The summed E-state index contributed by atoms with van der Waals surface area (Å²) in [5.41, 5.74) is -0.446. The molecule has 0 aliphatic rings. The van der Waals surface area contributed by atoms with Crippen LogP contribution in [0.5, 0.6) is 0 Å². The van der Waals surface area contributed by atoms with Crippen LogP contribution in [0.2, 0.25) is 5.02 Å². The van der Waals surface area contributed by atoms with E-state index >= 15 is 0 Å². The molecule has 0 saturated carbocycles. The van der Waals surface area contributed by atoms with Crippen molar-refractivity contribution in [2.45, 2.75) is 19.8 Å². The number of anilines is 1. The van der Waals surface area contributed by atoms with E-state index in [0.717, 1.165) is 0 Å². The minimum Gasteiger partial charge on any atom is -0.437 e. The summed E-state index contributed by atoms with van der Waals surface area (Å²) in [6.45, 7) is 0.739. The molecular formula is C22H14BrClF3N3O3. The first-order chi connectivity index (χ1) is 15.5. The summed E-state index contributed by atoms with van der Waals surface area (Å²) in [6.07, 6.45) is -4.90. The van der Waals surface area contributed by atoms with Crippen LogP contribution in [-0.2, 0) is 27.2 Å². The van der Waals surface area contributed by atoms with Gasteiger partial charge in [-0.25, -0.2) is 4.79 Å². The van der Waals surface area contributed by atoms with Crippen molar-refractivity contribution in [3.05, 3.63) is 74.8 Å². The lowest BCUT2D eigenvalue weighted by molar-refractivity contribution is -0.159. The molecule has 0 bridgehead atoms. The Hall–Kier alpha value is -3.29. The fraction of sp³-hybridized carbons (Fsp3) is 0.136. The number of hydrogen-bond donors (Lipinski definition) is 1. The van der Waals surface area contributed by atoms with Crippen LogP contribution in [0, 0.1) is 18.3 Å². The van der Waals surface area contributed by atoms with Crippen molar-refractivity contribution < 1.29 is 27.5 Å². The summed E-state index contributed by atoms with van der Waals surface area (Å²) in [5.74, 6) is -2.55. The third-order valence-corrected chi connectivity index (χ3v) is 5.63. The molecule has 1 aromatic heterocycles. The summed E-state index contributed by atoms with van der Waals surface area (Å²) < 4.78 is 46.5. The number of hydrogen-bond acceptors (Lipinski definition) is 4. The standard InChI is InChI=1S/C22H14BrClF3N3O3/c1-12-4-2-3-5-16(12)29-20(31)21(32)33-11-30-18(13-6-8-14(24)9-7-13)15(10-28)17(23)19(30)22(25,26)27/h2-9H,11H2,1H3,(H,29,31). The summed E-state index contributed by atoms with van der Waals surface area (Å²) in [4.78, 5) is 24.4. The number of nitriles is 1. The quantitative estimate of drug-likeness (QED) is 0.329. The average Bonchev–Trinajstić information content (AvgIpc) is 3.05. The molecule has 0 spiro atoms. The molecule has 1 amide bonds. The second-order valence-electron chi connectivity index (χ2n) is 6.76. The number of rotatable bonds is 4. The Morgan fingerprint density at radius 1 is 1.18 bits per heavy atom. The highest BCUT2D eigenvalue weighted by Crippen LogP contribution is 2.43. The number of carbonyl (C=O) groups is 2. The first kappa shape index (κ1) is 24.4. The smallest absolute Gasteiger partial charge is 0.432 e. The molecule has 0 aliphatic carbocycles. The van der Waals surface area contributed by atoms with Gasteiger partial charge in [-0.15, -0.1) is 0 Å². The molecule has 0 radical (unpaired) electrons. The number of aryl methyl sites for hydroxylation is 1. The van der Waals surface area contributed by atoms with E-state index in [-0.39, 0.29) is 16.8 Å². The highest BCUT2D eigenvalue weighted by atomic mass is 79.9. The van der Waals surface area contributed by atoms with Crippen LogP contribution in [0.15, 0.2) is 53.0 Å². The monoisotopic (exact) mass is 539 g/mol. The van der Waals surface area contributed by atoms with Crippen molar-refractivity contribution in [1.82, 2.24) is 4.57 Å². The molecule has 0 unspecified atom stereocenters. The van der Waals surface area contributed by atoms with E-state index in [1.165, 1.54) is 24.3 Å². The van der Waals surface area contributed by atoms with Gasteiger partial charge in [-0.05, 0) is 52.2 Å². The number of amides is 1. The van der Waals surface area contributed by atoms with Gasteiger partial charge >= 0.3 is 18.1 Å². The second kappa shape index (κ2) is 9.68. The predicted molar refractivity (Wildman–Crippen MR) is 118 cm³/mol. The van der Waals surface area contributed by atoms with Gasteiger partial charge < -0.3 is 14.6 Å². The number of nitrogens with one attached hydrogen (secondary N) is 1. The van der Waals surface area contributed by atoms with Crippen molar-refractivity contribution >= 4 is 45.1 Å². The Bertz CT molecular complexity index is 1260. The number of benzene rings is 2. The van der Waals surface area contributed by atoms with E-state index in [4.69, 9.17) is 16.3 Å². The van der Waals surface area contributed by atoms with Crippen LogP contribution in [0.1, 0.15) is 16.8 Å². The number of halogens is 5. The van der Waals surface area contributed by atoms with Gasteiger partial charge in [-0.3, -0.25) is 4.79 Å². The van der Waals surface area contributed by atoms with Crippen LogP contribution < -0.4 is 5.32 Å². The zero-order valence-electron chi connectivity index (χ0n) is 16.8. The Kier molecular flexibility index (Phi) is 7.15. The van der Waals surface area contributed by atoms with Gasteiger partial charge in [0.05, 0.1) is 15.7 Å². The average molecular weight is 541 g/mol. The van der Waals surface area contributed by atoms with E-state index < -0.39 is 35.0 Å². The number of carbonyl (C=O) groups excluding carboxylic acids is 2. The number of aromatic nitrogens is 1. The first-order valence-electron chi connectivity index (χ1n) is 9.23. The Morgan fingerprint density at radius 2 is 1.82 bits per heavy atom. The van der Waals surface area contributed by atoms with Crippen LogP contribution >= 0.6 is 27.5 Å². The third-order valence-electron chi connectivity index (χ3n) is 4.61. The van der Waals surface area contributed by atoms with Gasteiger partial charge in [-0.2, -0.15) is 18.4 Å². The van der Waals surface area contributed by atoms with Gasteiger partial charge in [0, 0.05) is 10.7 Å². The van der Waals surface area contributed by atoms with E-state index in [1.807, 2.05) is 0 Å². The molecule has 11 heteroatoms. The molecule has 0 atom stereocenters. The molecule has 33 heavy (non-hydrogen) atoms. The minimum absolute atomic E-state index is 0.152. The second-order valence-corrected chi connectivity index (χ2v) is 7.99. The van der Waals surface area contributed by atoms with Gasteiger partial charge in [-0.1, -0.05) is 41.9 Å². The normalized spacial score (nSPS) is 11.1. The summed E-state index contributed by atoms with van der Waals surface area (Å²) in [5, 5.41) is 12.2. The molecule has 6 nitrogen and oxygen atoms in total. The predicted octanol–water partition coefficient (Wildman–Crippen LogP) is 5.91. The van der Waals surface area contributed by atoms with E-state index in [9.17, 15) is 28.0 Å². The van der Waals surface area contributed by atoms with Crippen LogP contribution in [0.4, 0.5) is 18.9 Å². The SMILES string of the molecule is Cc1ccccc1NC(=O)C(=O)OCn1c(-c2ccc(Cl)cc2)c(C#N)c(Br)c1C(F)(F)F. The zero-order valence-corrected chi connectivity index (χ0v) is 19.2. The fourth-order valence-corrected chi connectivity index (χ4v) is 3.92. The first-order valence-corrected chi connectivity index (χ1v) is 10.4. The molecule has 0 fully saturated rings. The number of alkyl halides is 3. The summed E-state index contributed by atoms with van der Waals surface area (Å²) in [7, 11) is 0. The number of nitrogens with zero attached hydrogens (tertiary/aromatic N) is 2. The van der Waals surface area contributed by atoms with E-state index in [1.54, 1.807) is 37.3 Å². The number of ether oxygens (including phenoxy) is 1. The van der Waals surface area contributed by atoms with E-state index in [0.29, 0.717) is 20.8 Å². The highest BCUT2D eigenvalue weighted by molar-refractivity contribution is 9.10. The Balaban J connectivity index is 1.97. The molecule has 3 rings (SSSR count). The van der Waals surface area contributed by atoms with Gasteiger partial charge in [0.1, 0.15) is 11.8 Å². The van der Waals surface area contributed by atoms with Gasteiger partial charge in [0.2, 0.25) is 0 Å². The van der Waals surface area contributed by atoms with Crippen molar-refractivity contribution in [3.8, 4) is 17.3 Å². The largest absolute Gasteiger partial charge is 0.437 e. The van der Waals surface area contributed by atoms with E-state index in [2.05, 4.69) is 21.2 Å². The maximum atomic E-state index is 13.8. The Labute approximate surface area is 199 Å². The topological polar surface area (TPSA) is 84.1 Å². The minimum atomic E-state index is -4.90. The summed E-state index contributed by atoms with van der Waals surface area (Å²) >= 11 is 8.70. The summed E-state index contributed by atoms with van der Waals surface area (Å²) in [6, 6.07) is 14.1. The molecule has 1 N–H and O–H groups in total. The molecule has 3 aromatic rings. The van der Waals surface area contributed by atoms with Crippen LogP contribution in [0.25, 0.3) is 11.3 Å². The Morgan fingerprint density at radius 3 is 2.39 bits per heavy atom. The van der Waals surface area contributed by atoms with Crippen LogP contribution in [0.3, 0.4) is 0 Å². The molecule has 170 valence electrons. The van der Waals surface area contributed by atoms with Gasteiger partial charge in [0.25, 0.3) is 0 Å². The van der Waals surface area contributed by atoms with Crippen molar-refractivity contribution in [2.75, 3.05) is 5.32 Å². The number of para-hydroxylation sites is 1. The van der Waals surface area contributed by atoms with Crippen molar-refractivity contribution in [1.29, 1.82) is 5.26 Å². The lowest BCUT2D eigenvalue weighted by Crippen LogP contribution is -2.27. The number of esters is 1. The fourth-order valence-electron chi connectivity index (χ4n) is 3.08. The molecule has 0 saturated heterocycles. The van der Waals surface area contributed by atoms with Crippen molar-refractivity contribution in [3.63, 3.8) is 0 Å². The molecule has 0 aliphatic heterocycles. The van der Waals surface area contributed by atoms with Gasteiger partial charge in [0.15, 0.2) is 6.73 Å². The maximum Gasteiger partial charge on any atom is 0.432 e. The zero-order chi connectivity index (χ0) is 24.3. The maximum absolute atomic E-state index is 13.8. The van der Waals surface area contributed by atoms with Crippen LogP contribution in [-0.4, -0.2) is 16.4 Å². The third kappa shape index (κ3) is 5.21.